The molecule has 1 atom stereocenters. The van der Waals surface area contributed by atoms with Crippen molar-refractivity contribution in [3.8, 4) is 16.9 Å². The van der Waals surface area contributed by atoms with Crippen LogP contribution in [0.1, 0.15) is 26.2 Å². The summed E-state index contributed by atoms with van der Waals surface area (Å²) >= 11 is 0. The van der Waals surface area contributed by atoms with Gasteiger partial charge in [0.05, 0.1) is 12.7 Å². The van der Waals surface area contributed by atoms with E-state index in [0.29, 0.717) is 6.61 Å². The predicted octanol–water partition coefficient (Wildman–Crippen LogP) is 4.28. The minimum atomic E-state index is -0.200. The summed E-state index contributed by atoms with van der Waals surface area (Å²) < 4.78 is 5.75. The Bertz CT molecular complexity index is 508. The van der Waals surface area contributed by atoms with E-state index in [-0.39, 0.29) is 6.10 Å². The van der Waals surface area contributed by atoms with Gasteiger partial charge in [-0.3, -0.25) is 0 Å². The van der Waals surface area contributed by atoms with Crippen molar-refractivity contribution in [3.05, 3.63) is 54.6 Å². The first-order valence-electron chi connectivity index (χ1n) is 7.26. The molecule has 1 N–H and O–H groups in total. The van der Waals surface area contributed by atoms with E-state index < -0.39 is 0 Å². The molecule has 0 amide bonds. The molecule has 20 heavy (non-hydrogen) atoms. The van der Waals surface area contributed by atoms with E-state index in [9.17, 15) is 5.11 Å². The van der Waals surface area contributed by atoms with Crippen molar-refractivity contribution in [3.63, 3.8) is 0 Å². The highest BCUT2D eigenvalue weighted by Gasteiger charge is 2.02. The van der Waals surface area contributed by atoms with Crippen LogP contribution in [0.5, 0.6) is 5.75 Å². The molecular formula is C18H22O2. The van der Waals surface area contributed by atoms with Crippen LogP contribution in [-0.4, -0.2) is 17.8 Å². The molecule has 0 spiro atoms. The van der Waals surface area contributed by atoms with E-state index in [4.69, 9.17) is 4.74 Å². The minimum absolute atomic E-state index is 0.200. The van der Waals surface area contributed by atoms with Gasteiger partial charge in [-0.05, 0) is 42.5 Å². The topological polar surface area (TPSA) is 29.5 Å². The van der Waals surface area contributed by atoms with Gasteiger partial charge in [0.1, 0.15) is 5.75 Å². The largest absolute Gasteiger partial charge is 0.494 e. The Kier molecular flexibility index (Phi) is 5.63. The average molecular weight is 270 g/mol. The Morgan fingerprint density at radius 3 is 2.50 bits per heavy atom. The number of aliphatic hydroxyl groups excluding tert-OH is 1. The van der Waals surface area contributed by atoms with E-state index in [1.165, 1.54) is 5.56 Å². The molecule has 0 radical (unpaired) electrons. The third kappa shape index (κ3) is 4.39. The predicted molar refractivity (Wildman–Crippen MR) is 82.9 cm³/mol. The number of aliphatic hydroxyl groups is 1. The van der Waals surface area contributed by atoms with Crippen molar-refractivity contribution in [2.75, 3.05) is 6.61 Å². The molecule has 0 saturated carbocycles. The zero-order chi connectivity index (χ0) is 14.2. The first kappa shape index (κ1) is 14.6. The number of rotatable bonds is 7. The zero-order valence-corrected chi connectivity index (χ0v) is 12.0. The van der Waals surface area contributed by atoms with Crippen LogP contribution < -0.4 is 4.74 Å². The molecule has 2 heteroatoms. The standard InChI is InChI=1S/C18H22O2/c1-2-17(19)11-7-13-20-18-12-6-10-16(14-18)15-8-4-3-5-9-15/h3-6,8-10,12,14,17,19H,2,7,11,13H2,1H3. The second-order valence-electron chi connectivity index (χ2n) is 4.95. The molecule has 0 bridgehead atoms. The van der Waals surface area contributed by atoms with Gasteiger partial charge in [0.2, 0.25) is 0 Å². The Balaban J connectivity index is 1.90. The lowest BCUT2D eigenvalue weighted by Gasteiger charge is -2.10. The number of hydrogen-bond acceptors (Lipinski definition) is 2. The number of ether oxygens (including phenoxy) is 1. The fourth-order valence-corrected chi connectivity index (χ4v) is 2.11. The first-order chi connectivity index (χ1) is 9.79. The Morgan fingerprint density at radius 2 is 1.75 bits per heavy atom. The van der Waals surface area contributed by atoms with Crippen LogP contribution in [0.25, 0.3) is 11.1 Å². The summed E-state index contributed by atoms with van der Waals surface area (Å²) in [6.07, 6.45) is 2.29. The lowest BCUT2D eigenvalue weighted by Crippen LogP contribution is -2.07. The fraction of sp³-hybridized carbons (Fsp3) is 0.333. The summed E-state index contributed by atoms with van der Waals surface area (Å²) in [7, 11) is 0. The van der Waals surface area contributed by atoms with Crippen molar-refractivity contribution < 1.29 is 9.84 Å². The van der Waals surface area contributed by atoms with Crippen LogP contribution in [0, 0.1) is 0 Å². The van der Waals surface area contributed by atoms with Crippen LogP contribution in [0.4, 0.5) is 0 Å². The molecule has 2 aromatic carbocycles. The van der Waals surface area contributed by atoms with Crippen molar-refractivity contribution in [2.45, 2.75) is 32.3 Å². The third-order valence-corrected chi connectivity index (χ3v) is 3.36. The molecule has 1 unspecified atom stereocenters. The number of benzene rings is 2. The summed E-state index contributed by atoms with van der Waals surface area (Å²) in [4.78, 5) is 0. The second kappa shape index (κ2) is 7.71. The van der Waals surface area contributed by atoms with Crippen molar-refractivity contribution in [1.29, 1.82) is 0 Å². The maximum atomic E-state index is 9.49. The smallest absolute Gasteiger partial charge is 0.119 e. The summed E-state index contributed by atoms with van der Waals surface area (Å²) in [6.45, 7) is 2.64. The molecule has 0 heterocycles. The lowest BCUT2D eigenvalue weighted by atomic mass is 10.1. The molecule has 2 aromatic rings. The molecule has 2 rings (SSSR count). The maximum Gasteiger partial charge on any atom is 0.119 e. The molecule has 0 aromatic heterocycles. The van der Waals surface area contributed by atoms with Gasteiger partial charge < -0.3 is 9.84 Å². The van der Waals surface area contributed by atoms with Crippen LogP contribution >= 0.6 is 0 Å². The Hall–Kier alpha value is -1.80. The SMILES string of the molecule is CCC(O)CCCOc1cccc(-c2ccccc2)c1. The third-order valence-electron chi connectivity index (χ3n) is 3.36. The normalized spacial score (nSPS) is 12.1. The highest BCUT2D eigenvalue weighted by Crippen LogP contribution is 2.23. The highest BCUT2D eigenvalue weighted by atomic mass is 16.5. The van der Waals surface area contributed by atoms with Gasteiger partial charge in [0.15, 0.2) is 0 Å². The Morgan fingerprint density at radius 1 is 1.00 bits per heavy atom. The molecule has 0 saturated heterocycles. The number of hydrogen-bond donors (Lipinski definition) is 1. The van der Waals surface area contributed by atoms with E-state index >= 15 is 0 Å². The first-order valence-corrected chi connectivity index (χ1v) is 7.26. The molecular weight excluding hydrogens is 248 g/mol. The summed E-state index contributed by atoms with van der Waals surface area (Å²) in [5, 5.41) is 9.49. The van der Waals surface area contributed by atoms with E-state index in [1.807, 2.05) is 37.3 Å². The molecule has 0 aliphatic carbocycles. The van der Waals surface area contributed by atoms with Gasteiger partial charge >= 0.3 is 0 Å². The van der Waals surface area contributed by atoms with Gasteiger partial charge in [-0.25, -0.2) is 0 Å². The lowest BCUT2D eigenvalue weighted by molar-refractivity contribution is 0.149. The average Bonchev–Trinajstić information content (AvgIpc) is 2.52. The van der Waals surface area contributed by atoms with Gasteiger partial charge in [-0.15, -0.1) is 0 Å². The van der Waals surface area contributed by atoms with Crippen LogP contribution in [0.2, 0.25) is 0 Å². The molecule has 106 valence electrons. The Labute approximate surface area is 121 Å². The van der Waals surface area contributed by atoms with Crippen LogP contribution in [0.15, 0.2) is 54.6 Å². The van der Waals surface area contributed by atoms with Crippen molar-refractivity contribution in [1.82, 2.24) is 0 Å². The monoisotopic (exact) mass is 270 g/mol. The summed E-state index contributed by atoms with van der Waals surface area (Å²) in [5.74, 6) is 0.886. The highest BCUT2D eigenvalue weighted by molar-refractivity contribution is 5.64. The fourth-order valence-electron chi connectivity index (χ4n) is 2.11. The zero-order valence-electron chi connectivity index (χ0n) is 12.0. The van der Waals surface area contributed by atoms with Gasteiger partial charge in [-0.1, -0.05) is 49.4 Å². The second-order valence-corrected chi connectivity index (χ2v) is 4.95. The van der Waals surface area contributed by atoms with E-state index in [1.54, 1.807) is 0 Å². The van der Waals surface area contributed by atoms with Gasteiger partial charge in [0.25, 0.3) is 0 Å². The van der Waals surface area contributed by atoms with Gasteiger partial charge in [-0.2, -0.15) is 0 Å². The quantitative estimate of drug-likeness (QED) is 0.761. The van der Waals surface area contributed by atoms with Crippen LogP contribution in [0.3, 0.4) is 0 Å². The van der Waals surface area contributed by atoms with Crippen LogP contribution in [-0.2, 0) is 0 Å². The maximum absolute atomic E-state index is 9.49. The summed E-state index contributed by atoms with van der Waals surface area (Å²) in [5.41, 5.74) is 2.36. The van der Waals surface area contributed by atoms with Crippen molar-refractivity contribution in [2.24, 2.45) is 0 Å². The molecule has 0 aliphatic rings. The molecule has 0 fully saturated rings. The summed E-state index contributed by atoms with van der Waals surface area (Å²) in [6, 6.07) is 18.4. The van der Waals surface area contributed by atoms with Crippen molar-refractivity contribution >= 4 is 0 Å². The molecule has 0 aliphatic heterocycles. The minimum Gasteiger partial charge on any atom is -0.494 e. The van der Waals surface area contributed by atoms with Gasteiger partial charge in [0, 0.05) is 0 Å². The van der Waals surface area contributed by atoms with E-state index in [2.05, 4.69) is 24.3 Å². The van der Waals surface area contributed by atoms with E-state index in [0.717, 1.165) is 30.6 Å². The molecule has 2 nitrogen and oxygen atoms in total.